The molecular formula is C14H19Br2N. The van der Waals surface area contributed by atoms with Gasteiger partial charge in [-0.3, -0.25) is 0 Å². The van der Waals surface area contributed by atoms with Crippen molar-refractivity contribution in [1.82, 2.24) is 0 Å². The largest absolute Gasteiger partial charge is 0.371 e. The Kier molecular flexibility index (Phi) is 4.92. The third-order valence-corrected chi connectivity index (χ3v) is 4.56. The summed E-state index contributed by atoms with van der Waals surface area (Å²) < 4.78 is 1.21. The van der Waals surface area contributed by atoms with Crippen LogP contribution >= 0.6 is 31.9 Å². The normalized spacial score (nSPS) is 15.0. The molecule has 0 spiro atoms. The van der Waals surface area contributed by atoms with E-state index in [1.807, 2.05) is 0 Å². The standard InChI is InChI=1S/C14H19Br2N/c1-2-7-17(10-11-3-4-11)13-6-5-12(9-15)14(16)8-13/h5-6,8,11H,2-4,7,9-10H2,1H3. The molecule has 0 bridgehead atoms. The van der Waals surface area contributed by atoms with Crippen molar-refractivity contribution in [1.29, 1.82) is 0 Å². The van der Waals surface area contributed by atoms with Crippen molar-refractivity contribution in [3.63, 3.8) is 0 Å². The van der Waals surface area contributed by atoms with Gasteiger partial charge in [0.1, 0.15) is 0 Å². The van der Waals surface area contributed by atoms with Crippen LogP contribution in [-0.4, -0.2) is 13.1 Å². The van der Waals surface area contributed by atoms with Gasteiger partial charge in [0, 0.05) is 28.6 Å². The monoisotopic (exact) mass is 359 g/mol. The molecule has 0 N–H and O–H groups in total. The third kappa shape index (κ3) is 3.72. The minimum atomic E-state index is 0.907. The van der Waals surface area contributed by atoms with Gasteiger partial charge in [-0.15, -0.1) is 0 Å². The van der Waals surface area contributed by atoms with Gasteiger partial charge in [-0.25, -0.2) is 0 Å². The first-order valence-electron chi connectivity index (χ1n) is 6.34. The number of hydrogen-bond donors (Lipinski definition) is 0. The lowest BCUT2D eigenvalue weighted by Gasteiger charge is -2.25. The van der Waals surface area contributed by atoms with Crippen LogP contribution in [0.3, 0.4) is 0 Å². The smallest absolute Gasteiger partial charge is 0.0377 e. The maximum Gasteiger partial charge on any atom is 0.0377 e. The Morgan fingerprint density at radius 1 is 1.35 bits per heavy atom. The molecule has 0 saturated heterocycles. The molecule has 0 radical (unpaired) electrons. The van der Waals surface area contributed by atoms with E-state index in [1.54, 1.807) is 0 Å². The van der Waals surface area contributed by atoms with E-state index >= 15 is 0 Å². The summed E-state index contributed by atoms with van der Waals surface area (Å²) in [5.74, 6) is 0.941. The van der Waals surface area contributed by atoms with Crippen molar-refractivity contribution in [3.8, 4) is 0 Å². The van der Waals surface area contributed by atoms with Gasteiger partial charge in [0.25, 0.3) is 0 Å². The number of rotatable bonds is 6. The first-order valence-corrected chi connectivity index (χ1v) is 8.25. The average molecular weight is 361 g/mol. The average Bonchev–Trinajstić information content (AvgIpc) is 3.12. The number of nitrogens with zero attached hydrogens (tertiary/aromatic N) is 1. The fraction of sp³-hybridized carbons (Fsp3) is 0.571. The molecule has 3 heteroatoms. The molecule has 0 aliphatic heterocycles. The quantitative estimate of drug-likeness (QED) is 0.647. The number of hydrogen-bond acceptors (Lipinski definition) is 1. The second-order valence-electron chi connectivity index (χ2n) is 4.80. The molecule has 0 atom stereocenters. The Bertz CT molecular complexity index is 374. The van der Waals surface area contributed by atoms with Gasteiger partial charge in [0.05, 0.1) is 0 Å². The molecule has 0 aromatic heterocycles. The topological polar surface area (TPSA) is 3.24 Å². The molecular weight excluding hydrogens is 342 g/mol. The Labute approximate surface area is 121 Å². The van der Waals surface area contributed by atoms with Crippen LogP contribution in [0.25, 0.3) is 0 Å². The van der Waals surface area contributed by atoms with Crippen molar-refractivity contribution >= 4 is 37.5 Å². The van der Waals surface area contributed by atoms with Crippen LogP contribution in [0.4, 0.5) is 5.69 Å². The molecule has 2 rings (SSSR count). The maximum atomic E-state index is 3.65. The highest BCUT2D eigenvalue weighted by Gasteiger charge is 2.24. The van der Waals surface area contributed by atoms with E-state index in [0.717, 1.165) is 17.8 Å². The number of anilines is 1. The highest BCUT2D eigenvalue weighted by molar-refractivity contribution is 9.10. The van der Waals surface area contributed by atoms with Crippen LogP contribution in [0.5, 0.6) is 0 Å². The van der Waals surface area contributed by atoms with Crippen LogP contribution in [0.15, 0.2) is 22.7 Å². The van der Waals surface area contributed by atoms with Gasteiger partial charge in [0.15, 0.2) is 0 Å². The highest BCUT2D eigenvalue weighted by atomic mass is 79.9. The summed E-state index contributed by atoms with van der Waals surface area (Å²) in [4.78, 5) is 2.53. The molecule has 1 fully saturated rings. The fourth-order valence-corrected chi connectivity index (χ4v) is 3.42. The fourth-order valence-electron chi connectivity index (χ4n) is 2.05. The predicted molar refractivity (Wildman–Crippen MR) is 82.0 cm³/mol. The minimum absolute atomic E-state index is 0.907. The number of benzene rings is 1. The molecule has 1 nitrogen and oxygen atoms in total. The highest BCUT2D eigenvalue weighted by Crippen LogP contribution is 2.33. The Morgan fingerprint density at radius 3 is 2.65 bits per heavy atom. The maximum absolute atomic E-state index is 3.65. The summed E-state index contributed by atoms with van der Waals surface area (Å²) >= 11 is 7.16. The van der Waals surface area contributed by atoms with Crippen molar-refractivity contribution in [2.24, 2.45) is 5.92 Å². The molecule has 0 unspecified atom stereocenters. The molecule has 94 valence electrons. The SMILES string of the molecule is CCCN(CC1CC1)c1ccc(CBr)c(Br)c1. The van der Waals surface area contributed by atoms with E-state index < -0.39 is 0 Å². The van der Waals surface area contributed by atoms with Crippen molar-refractivity contribution < 1.29 is 0 Å². The zero-order valence-electron chi connectivity index (χ0n) is 10.3. The van der Waals surface area contributed by atoms with Gasteiger partial charge in [0.2, 0.25) is 0 Å². The van der Waals surface area contributed by atoms with E-state index in [0.29, 0.717) is 0 Å². The van der Waals surface area contributed by atoms with Gasteiger partial charge in [-0.2, -0.15) is 0 Å². The third-order valence-electron chi connectivity index (χ3n) is 3.21. The predicted octanol–water partition coefficient (Wildman–Crippen LogP) is 4.97. The molecule has 1 aromatic rings. The summed E-state index contributed by atoms with van der Waals surface area (Å²) in [6, 6.07) is 6.72. The Hall–Kier alpha value is -0.0200. The lowest BCUT2D eigenvalue weighted by atomic mass is 10.2. The molecule has 1 aliphatic rings. The first-order chi connectivity index (χ1) is 8.24. The van der Waals surface area contributed by atoms with Crippen LogP contribution in [0.2, 0.25) is 0 Å². The Balaban J connectivity index is 2.13. The molecule has 1 saturated carbocycles. The second-order valence-corrected chi connectivity index (χ2v) is 6.21. The minimum Gasteiger partial charge on any atom is -0.371 e. The van der Waals surface area contributed by atoms with E-state index in [9.17, 15) is 0 Å². The van der Waals surface area contributed by atoms with Crippen LogP contribution in [0.1, 0.15) is 31.7 Å². The molecule has 0 amide bonds. The summed E-state index contributed by atoms with van der Waals surface area (Å²) in [6.07, 6.45) is 4.05. The van der Waals surface area contributed by atoms with Gasteiger partial charge < -0.3 is 4.90 Å². The number of alkyl halides is 1. The van der Waals surface area contributed by atoms with E-state index in [-0.39, 0.29) is 0 Å². The molecule has 1 aliphatic carbocycles. The van der Waals surface area contributed by atoms with Crippen molar-refractivity contribution in [2.75, 3.05) is 18.0 Å². The van der Waals surface area contributed by atoms with Gasteiger partial charge >= 0.3 is 0 Å². The van der Waals surface area contributed by atoms with E-state index in [2.05, 4.69) is 61.9 Å². The van der Waals surface area contributed by atoms with Gasteiger partial charge in [-0.1, -0.05) is 44.8 Å². The molecule has 0 heterocycles. The first kappa shape index (κ1) is 13.4. The molecule has 1 aromatic carbocycles. The molecule has 17 heavy (non-hydrogen) atoms. The summed E-state index contributed by atoms with van der Waals surface area (Å²) in [5.41, 5.74) is 2.67. The van der Waals surface area contributed by atoms with Crippen LogP contribution < -0.4 is 4.90 Å². The number of halogens is 2. The van der Waals surface area contributed by atoms with E-state index in [1.165, 1.54) is 41.5 Å². The van der Waals surface area contributed by atoms with Crippen LogP contribution in [0, 0.1) is 5.92 Å². The van der Waals surface area contributed by atoms with Gasteiger partial charge in [-0.05, 0) is 42.9 Å². The summed E-state index contributed by atoms with van der Waals surface area (Å²) in [5, 5.41) is 0.907. The van der Waals surface area contributed by atoms with Crippen molar-refractivity contribution in [2.45, 2.75) is 31.5 Å². The summed E-state index contributed by atoms with van der Waals surface area (Å²) in [6.45, 7) is 4.65. The van der Waals surface area contributed by atoms with Crippen LogP contribution in [-0.2, 0) is 5.33 Å². The summed E-state index contributed by atoms with van der Waals surface area (Å²) in [7, 11) is 0. The second kappa shape index (κ2) is 6.24. The van der Waals surface area contributed by atoms with E-state index in [4.69, 9.17) is 0 Å². The zero-order chi connectivity index (χ0) is 12.3. The van der Waals surface area contributed by atoms with Crippen molar-refractivity contribution in [3.05, 3.63) is 28.2 Å². The Morgan fingerprint density at radius 2 is 2.12 bits per heavy atom. The lowest BCUT2D eigenvalue weighted by Crippen LogP contribution is -2.26. The zero-order valence-corrected chi connectivity index (χ0v) is 13.4. The lowest BCUT2D eigenvalue weighted by molar-refractivity contribution is 0.708.